The molecular weight excluding hydrogens is 252 g/mol. The Morgan fingerprint density at radius 2 is 2.11 bits per heavy atom. The van der Waals surface area contributed by atoms with E-state index in [2.05, 4.69) is 19.9 Å². The number of aryl methyl sites for hydroxylation is 1. The first-order chi connectivity index (χ1) is 8.45. The van der Waals surface area contributed by atoms with Crippen LogP contribution in [-0.2, 0) is 11.2 Å². The van der Waals surface area contributed by atoms with Crippen molar-refractivity contribution >= 4 is 17.6 Å². The summed E-state index contributed by atoms with van der Waals surface area (Å²) >= 11 is 6.18. The number of carbonyl (C=O) groups is 1. The lowest BCUT2D eigenvalue weighted by Gasteiger charge is -2.14. The van der Waals surface area contributed by atoms with Gasteiger partial charge in [-0.05, 0) is 36.0 Å². The van der Waals surface area contributed by atoms with Gasteiger partial charge in [0.2, 0.25) is 0 Å². The molecule has 1 N–H and O–H groups in total. The molecule has 18 heavy (non-hydrogen) atoms. The number of hydrogen-bond acceptors (Lipinski definition) is 2. The third kappa shape index (κ3) is 3.91. The van der Waals surface area contributed by atoms with Crippen molar-refractivity contribution in [1.82, 2.24) is 0 Å². The monoisotopic (exact) mass is 270 g/mol. The highest BCUT2D eigenvalue weighted by molar-refractivity contribution is 6.32. The quantitative estimate of drug-likeness (QED) is 0.853. The van der Waals surface area contributed by atoms with E-state index in [1.807, 2.05) is 6.07 Å². The van der Waals surface area contributed by atoms with E-state index in [0.29, 0.717) is 29.5 Å². The summed E-state index contributed by atoms with van der Waals surface area (Å²) in [5.74, 6) is 0.262. The van der Waals surface area contributed by atoms with Crippen LogP contribution < -0.4 is 4.74 Å². The van der Waals surface area contributed by atoms with E-state index in [1.54, 1.807) is 7.11 Å². The van der Waals surface area contributed by atoms with E-state index in [1.165, 1.54) is 0 Å². The van der Waals surface area contributed by atoms with E-state index < -0.39 is 5.97 Å². The van der Waals surface area contributed by atoms with Gasteiger partial charge in [-0.3, -0.25) is 4.79 Å². The van der Waals surface area contributed by atoms with Gasteiger partial charge >= 0.3 is 5.97 Å². The molecule has 1 aromatic carbocycles. The Morgan fingerprint density at radius 1 is 1.44 bits per heavy atom. The van der Waals surface area contributed by atoms with Gasteiger partial charge in [-0.25, -0.2) is 0 Å². The predicted molar refractivity (Wildman–Crippen MR) is 72.7 cm³/mol. The first-order valence-corrected chi connectivity index (χ1v) is 6.41. The summed E-state index contributed by atoms with van der Waals surface area (Å²) in [5, 5.41) is 9.25. The lowest BCUT2D eigenvalue weighted by molar-refractivity contribution is -0.137. The lowest BCUT2D eigenvalue weighted by Crippen LogP contribution is -2.00. The lowest BCUT2D eigenvalue weighted by atomic mass is 9.97. The largest absolute Gasteiger partial charge is 0.495 e. The first kappa shape index (κ1) is 14.8. The van der Waals surface area contributed by atoms with Crippen LogP contribution in [0.2, 0.25) is 5.02 Å². The minimum absolute atomic E-state index is 0.159. The fourth-order valence-electron chi connectivity index (χ4n) is 1.85. The molecule has 0 spiro atoms. The Labute approximate surface area is 113 Å². The molecule has 0 amide bonds. The zero-order valence-corrected chi connectivity index (χ0v) is 11.8. The highest BCUT2D eigenvalue weighted by Gasteiger charge is 2.12. The van der Waals surface area contributed by atoms with Crippen LogP contribution in [0.4, 0.5) is 0 Å². The minimum Gasteiger partial charge on any atom is -0.495 e. The van der Waals surface area contributed by atoms with Gasteiger partial charge in [0.15, 0.2) is 0 Å². The number of aliphatic carboxylic acids is 1. The third-order valence-corrected chi connectivity index (χ3v) is 3.13. The van der Waals surface area contributed by atoms with Gasteiger partial charge < -0.3 is 9.84 Å². The van der Waals surface area contributed by atoms with Crippen LogP contribution in [-0.4, -0.2) is 18.2 Å². The number of hydrogen-bond donors (Lipinski definition) is 1. The summed E-state index contributed by atoms with van der Waals surface area (Å²) in [7, 11) is 1.58. The third-order valence-electron chi connectivity index (χ3n) is 2.85. The SMILES string of the molecule is COc1c(Cl)cc(C(C)C)cc1CCCC(=O)O. The Morgan fingerprint density at radius 3 is 2.61 bits per heavy atom. The molecule has 0 aliphatic heterocycles. The van der Waals surface area contributed by atoms with Gasteiger partial charge in [0.25, 0.3) is 0 Å². The van der Waals surface area contributed by atoms with Crippen LogP contribution in [0.1, 0.15) is 43.7 Å². The van der Waals surface area contributed by atoms with Crippen LogP contribution in [0.25, 0.3) is 0 Å². The van der Waals surface area contributed by atoms with Gasteiger partial charge in [-0.1, -0.05) is 31.5 Å². The Bertz CT molecular complexity index is 427. The van der Waals surface area contributed by atoms with E-state index in [-0.39, 0.29) is 6.42 Å². The molecule has 0 aliphatic rings. The van der Waals surface area contributed by atoms with Crippen molar-refractivity contribution in [3.8, 4) is 5.75 Å². The number of halogens is 1. The average Bonchev–Trinajstić information content (AvgIpc) is 2.27. The summed E-state index contributed by atoms with van der Waals surface area (Å²) < 4.78 is 5.29. The van der Waals surface area contributed by atoms with Crippen molar-refractivity contribution in [3.05, 3.63) is 28.3 Å². The topological polar surface area (TPSA) is 46.5 Å². The molecule has 0 heterocycles. The summed E-state index contributed by atoms with van der Waals surface area (Å²) in [6, 6.07) is 3.96. The highest BCUT2D eigenvalue weighted by Crippen LogP contribution is 2.33. The normalized spacial score (nSPS) is 10.7. The van der Waals surface area contributed by atoms with Gasteiger partial charge in [0, 0.05) is 6.42 Å². The van der Waals surface area contributed by atoms with Gasteiger partial charge in [-0.15, -0.1) is 0 Å². The van der Waals surface area contributed by atoms with E-state index in [9.17, 15) is 4.79 Å². The molecular formula is C14H19ClO3. The van der Waals surface area contributed by atoms with Crippen LogP contribution in [0.5, 0.6) is 5.75 Å². The number of carboxylic acid groups (broad SMARTS) is 1. The molecule has 1 aromatic rings. The fourth-order valence-corrected chi connectivity index (χ4v) is 2.18. The molecule has 0 saturated heterocycles. The van der Waals surface area contributed by atoms with Gasteiger partial charge in [0.1, 0.15) is 5.75 Å². The highest BCUT2D eigenvalue weighted by atomic mass is 35.5. The maximum atomic E-state index is 10.5. The van der Waals surface area contributed by atoms with E-state index in [4.69, 9.17) is 21.4 Å². The molecule has 3 nitrogen and oxygen atoms in total. The van der Waals surface area contributed by atoms with Gasteiger partial charge in [-0.2, -0.15) is 0 Å². The Kier molecular flexibility index (Phi) is 5.48. The fraction of sp³-hybridized carbons (Fsp3) is 0.500. The molecule has 0 saturated carbocycles. The van der Waals surface area contributed by atoms with Crippen molar-refractivity contribution < 1.29 is 14.6 Å². The van der Waals surface area contributed by atoms with E-state index >= 15 is 0 Å². The van der Waals surface area contributed by atoms with Crippen molar-refractivity contribution in [2.45, 2.75) is 39.0 Å². The van der Waals surface area contributed by atoms with Crippen molar-refractivity contribution in [2.75, 3.05) is 7.11 Å². The average molecular weight is 271 g/mol. The number of ether oxygens (including phenoxy) is 1. The zero-order valence-electron chi connectivity index (χ0n) is 11.0. The molecule has 100 valence electrons. The van der Waals surface area contributed by atoms with Crippen LogP contribution in [0.3, 0.4) is 0 Å². The first-order valence-electron chi connectivity index (χ1n) is 6.03. The Hall–Kier alpha value is -1.22. The number of methoxy groups -OCH3 is 1. The summed E-state index contributed by atoms with van der Waals surface area (Å²) in [4.78, 5) is 10.5. The van der Waals surface area contributed by atoms with Crippen molar-refractivity contribution in [2.24, 2.45) is 0 Å². The van der Waals surface area contributed by atoms with Crippen LogP contribution in [0, 0.1) is 0 Å². The Balaban J connectivity index is 2.95. The maximum absolute atomic E-state index is 10.5. The predicted octanol–water partition coefficient (Wildman–Crippen LogP) is 3.88. The summed E-state index contributed by atoms with van der Waals surface area (Å²) in [6.45, 7) is 4.19. The number of benzene rings is 1. The minimum atomic E-state index is -0.778. The van der Waals surface area contributed by atoms with Crippen LogP contribution >= 0.6 is 11.6 Å². The number of rotatable bonds is 6. The molecule has 0 aromatic heterocycles. The van der Waals surface area contributed by atoms with Crippen LogP contribution in [0.15, 0.2) is 12.1 Å². The molecule has 0 aliphatic carbocycles. The molecule has 0 bridgehead atoms. The summed E-state index contributed by atoms with van der Waals surface area (Å²) in [6.07, 6.45) is 1.41. The van der Waals surface area contributed by atoms with Crippen molar-refractivity contribution in [3.63, 3.8) is 0 Å². The molecule has 0 fully saturated rings. The van der Waals surface area contributed by atoms with E-state index in [0.717, 1.165) is 11.1 Å². The second kappa shape index (κ2) is 6.64. The zero-order chi connectivity index (χ0) is 13.7. The molecule has 0 radical (unpaired) electrons. The molecule has 4 heteroatoms. The smallest absolute Gasteiger partial charge is 0.303 e. The standard InChI is InChI=1S/C14H19ClO3/c1-9(2)11-7-10(5-4-6-13(16)17)14(18-3)12(15)8-11/h7-9H,4-6H2,1-3H3,(H,16,17). The maximum Gasteiger partial charge on any atom is 0.303 e. The molecule has 0 atom stereocenters. The second-order valence-electron chi connectivity index (χ2n) is 4.60. The molecule has 1 rings (SSSR count). The number of carboxylic acids is 1. The molecule has 0 unspecified atom stereocenters. The summed E-state index contributed by atoms with van der Waals surface area (Å²) in [5.41, 5.74) is 2.13. The second-order valence-corrected chi connectivity index (χ2v) is 5.00. The van der Waals surface area contributed by atoms with Gasteiger partial charge in [0.05, 0.1) is 12.1 Å². The van der Waals surface area contributed by atoms with Crippen molar-refractivity contribution in [1.29, 1.82) is 0 Å².